The van der Waals surface area contributed by atoms with Crippen LogP contribution < -0.4 is 11.1 Å². The van der Waals surface area contributed by atoms with Gasteiger partial charge in [-0.05, 0) is 38.6 Å². The summed E-state index contributed by atoms with van der Waals surface area (Å²) in [7, 11) is 1.97. The standard InChI is InChI=1S/C10H22N2.C2H6/c1-3-4-9-5-7-10(11,12-2)8-6-9;1-2/h9,12H,3-8,11H2,1-2H3;1-2H3. The molecule has 0 radical (unpaired) electrons. The third kappa shape index (κ3) is 4.43. The monoisotopic (exact) mass is 200 g/mol. The van der Waals surface area contributed by atoms with Crippen molar-refractivity contribution < 1.29 is 0 Å². The third-order valence-corrected chi connectivity index (χ3v) is 3.19. The summed E-state index contributed by atoms with van der Waals surface area (Å²) < 4.78 is 0. The molecule has 14 heavy (non-hydrogen) atoms. The van der Waals surface area contributed by atoms with E-state index in [0.29, 0.717) is 0 Å². The van der Waals surface area contributed by atoms with Gasteiger partial charge < -0.3 is 11.1 Å². The van der Waals surface area contributed by atoms with E-state index in [1.165, 1.54) is 25.7 Å². The van der Waals surface area contributed by atoms with Gasteiger partial charge in [0.1, 0.15) is 0 Å². The van der Waals surface area contributed by atoms with Gasteiger partial charge in [0.25, 0.3) is 0 Å². The fraction of sp³-hybridized carbons (Fsp3) is 1.00. The fourth-order valence-electron chi connectivity index (χ4n) is 2.14. The summed E-state index contributed by atoms with van der Waals surface area (Å²) in [6.07, 6.45) is 7.63. The second-order valence-corrected chi connectivity index (χ2v) is 4.14. The van der Waals surface area contributed by atoms with E-state index in [1.807, 2.05) is 20.9 Å². The molecule has 0 aromatic heterocycles. The molecule has 1 aliphatic rings. The lowest BCUT2D eigenvalue weighted by Gasteiger charge is -2.36. The first-order chi connectivity index (χ1) is 6.70. The molecular weight excluding hydrogens is 172 g/mol. The lowest BCUT2D eigenvalue weighted by atomic mass is 9.80. The van der Waals surface area contributed by atoms with Crippen molar-refractivity contribution in [2.45, 2.75) is 65.0 Å². The number of rotatable bonds is 3. The Balaban J connectivity index is 0.000000791. The summed E-state index contributed by atoms with van der Waals surface area (Å²) in [5, 5.41) is 3.22. The topological polar surface area (TPSA) is 38.0 Å². The molecule has 1 fully saturated rings. The minimum Gasteiger partial charge on any atom is -0.313 e. The maximum atomic E-state index is 6.11. The molecule has 1 rings (SSSR count). The Hall–Kier alpha value is -0.0800. The third-order valence-electron chi connectivity index (χ3n) is 3.19. The van der Waals surface area contributed by atoms with Gasteiger partial charge in [0.15, 0.2) is 0 Å². The molecule has 0 atom stereocenters. The van der Waals surface area contributed by atoms with Crippen LogP contribution in [0.25, 0.3) is 0 Å². The maximum Gasteiger partial charge on any atom is 0.0659 e. The van der Waals surface area contributed by atoms with Crippen molar-refractivity contribution in [2.75, 3.05) is 7.05 Å². The predicted octanol–water partition coefficient (Wildman–Crippen LogP) is 2.88. The van der Waals surface area contributed by atoms with E-state index in [-0.39, 0.29) is 5.66 Å². The zero-order valence-electron chi connectivity index (χ0n) is 10.4. The highest BCUT2D eigenvalue weighted by Gasteiger charge is 2.29. The van der Waals surface area contributed by atoms with Gasteiger partial charge in [-0.3, -0.25) is 0 Å². The minimum absolute atomic E-state index is 0.0513. The van der Waals surface area contributed by atoms with Crippen LogP contribution in [-0.4, -0.2) is 12.7 Å². The quantitative estimate of drug-likeness (QED) is 0.688. The molecule has 0 aromatic carbocycles. The van der Waals surface area contributed by atoms with Gasteiger partial charge in [-0.2, -0.15) is 0 Å². The van der Waals surface area contributed by atoms with E-state index in [4.69, 9.17) is 5.73 Å². The summed E-state index contributed by atoms with van der Waals surface area (Å²) >= 11 is 0. The van der Waals surface area contributed by atoms with E-state index >= 15 is 0 Å². The Bertz CT molecular complexity index is 126. The van der Waals surface area contributed by atoms with Gasteiger partial charge >= 0.3 is 0 Å². The highest BCUT2D eigenvalue weighted by Crippen LogP contribution is 2.30. The van der Waals surface area contributed by atoms with E-state index in [2.05, 4.69) is 12.2 Å². The molecule has 0 amide bonds. The van der Waals surface area contributed by atoms with Crippen LogP contribution >= 0.6 is 0 Å². The molecule has 0 spiro atoms. The first-order valence-electron chi connectivity index (χ1n) is 6.18. The Morgan fingerprint density at radius 2 is 1.79 bits per heavy atom. The molecule has 1 saturated carbocycles. The van der Waals surface area contributed by atoms with Gasteiger partial charge in [0.05, 0.1) is 5.66 Å². The second kappa shape index (κ2) is 7.24. The molecule has 2 heteroatoms. The Labute approximate surface area is 89.6 Å². The molecule has 2 nitrogen and oxygen atoms in total. The highest BCUT2D eigenvalue weighted by atomic mass is 15.1. The first kappa shape index (κ1) is 13.9. The zero-order valence-corrected chi connectivity index (χ0v) is 10.4. The van der Waals surface area contributed by atoms with Gasteiger partial charge in [-0.25, -0.2) is 0 Å². The average molecular weight is 200 g/mol. The zero-order chi connectivity index (χ0) is 11.0. The van der Waals surface area contributed by atoms with E-state index in [9.17, 15) is 0 Å². The predicted molar refractivity (Wildman–Crippen MR) is 64.2 cm³/mol. The summed E-state index contributed by atoms with van der Waals surface area (Å²) in [5.41, 5.74) is 6.05. The van der Waals surface area contributed by atoms with Crippen LogP contribution in [0.1, 0.15) is 59.3 Å². The maximum absolute atomic E-state index is 6.11. The fourth-order valence-corrected chi connectivity index (χ4v) is 2.14. The summed E-state index contributed by atoms with van der Waals surface area (Å²) in [6, 6.07) is 0. The molecule has 0 bridgehead atoms. The van der Waals surface area contributed by atoms with Gasteiger partial charge in [0, 0.05) is 0 Å². The number of nitrogens with one attached hydrogen (secondary N) is 1. The number of hydrogen-bond donors (Lipinski definition) is 2. The summed E-state index contributed by atoms with van der Waals surface area (Å²) in [5.74, 6) is 0.944. The van der Waals surface area contributed by atoms with Crippen LogP contribution in [0.5, 0.6) is 0 Å². The number of hydrogen-bond acceptors (Lipinski definition) is 2. The SMILES string of the molecule is CC.CCCC1CCC(N)(NC)CC1. The smallest absolute Gasteiger partial charge is 0.0659 e. The Kier molecular flexibility index (Phi) is 7.20. The molecular formula is C12H28N2. The second-order valence-electron chi connectivity index (χ2n) is 4.14. The van der Waals surface area contributed by atoms with Crippen molar-refractivity contribution in [1.29, 1.82) is 0 Å². The van der Waals surface area contributed by atoms with Crippen molar-refractivity contribution in [1.82, 2.24) is 5.32 Å². The van der Waals surface area contributed by atoms with Crippen LogP contribution in [0.4, 0.5) is 0 Å². The van der Waals surface area contributed by atoms with Crippen LogP contribution in [-0.2, 0) is 0 Å². The van der Waals surface area contributed by atoms with Crippen molar-refractivity contribution >= 4 is 0 Å². The Morgan fingerprint density at radius 3 is 2.14 bits per heavy atom. The molecule has 1 aliphatic carbocycles. The Morgan fingerprint density at radius 1 is 1.29 bits per heavy atom. The molecule has 0 saturated heterocycles. The van der Waals surface area contributed by atoms with Crippen molar-refractivity contribution in [3.05, 3.63) is 0 Å². The average Bonchev–Trinajstić information content (AvgIpc) is 2.25. The lowest BCUT2D eigenvalue weighted by Crippen LogP contribution is -2.53. The molecule has 86 valence electrons. The molecule has 0 unspecified atom stereocenters. The van der Waals surface area contributed by atoms with E-state index < -0.39 is 0 Å². The summed E-state index contributed by atoms with van der Waals surface area (Å²) in [4.78, 5) is 0. The van der Waals surface area contributed by atoms with Gasteiger partial charge in [-0.1, -0.05) is 33.6 Å². The molecule has 3 N–H and O–H groups in total. The normalized spacial score (nSPS) is 31.9. The molecule has 0 aliphatic heterocycles. The number of nitrogens with two attached hydrogens (primary N) is 1. The van der Waals surface area contributed by atoms with Crippen LogP contribution in [0.15, 0.2) is 0 Å². The van der Waals surface area contributed by atoms with E-state index in [0.717, 1.165) is 18.8 Å². The van der Waals surface area contributed by atoms with E-state index in [1.54, 1.807) is 0 Å². The van der Waals surface area contributed by atoms with Crippen LogP contribution in [0.2, 0.25) is 0 Å². The summed E-state index contributed by atoms with van der Waals surface area (Å²) in [6.45, 7) is 6.27. The van der Waals surface area contributed by atoms with Gasteiger partial charge in [-0.15, -0.1) is 0 Å². The van der Waals surface area contributed by atoms with Crippen LogP contribution in [0, 0.1) is 5.92 Å². The van der Waals surface area contributed by atoms with Crippen molar-refractivity contribution in [3.63, 3.8) is 0 Å². The lowest BCUT2D eigenvalue weighted by molar-refractivity contribution is 0.197. The van der Waals surface area contributed by atoms with Crippen molar-refractivity contribution in [3.8, 4) is 0 Å². The molecule has 0 aromatic rings. The van der Waals surface area contributed by atoms with Gasteiger partial charge in [0.2, 0.25) is 0 Å². The largest absolute Gasteiger partial charge is 0.313 e. The van der Waals surface area contributed by atoms with Crippen molar-refractivity contribution in [2.24, 2.45) is 11.7 Å². The molecule has 0 heterocycles. The highest BCUT2D eigenvalue weighted by molar-refractivity contribution is 4.86. The first-order valence-corrected chi connectivity index (χ1v) is 6.18. The minimum atomic E-state index is -0.0513. The van der Waals surface area contributed by atoms with Crippen LogP contribution in [0.3, 0.4) is 0 Å².